The van der Waals surface area contributed by atoms with Crippen LogP contribution in [0, 0.1) is 5.82 Å². The van der Waals surface area contributed by atoms with Crippen LogP contribution in [-0.4, -0.2) is 9.55 Å². The van der Waals surface area contributed by atoms with E-state index in [4.69, 9.17) is 11.6 Å². The fourth-order valence-electron chi connectivity index (χ4n) is 1.41. The molecule has 0 radical (unpaired) electrons. The first-order chi connectivity index (χ1) is 7.72. The molecular formula is C11H11ClFN3. The summed E-state index contributed by atoms with van der Waals surface area (Å²) in [5.74, 6) is 0.137. The number of halogens is 2. The van der Waals surface area contributed by atoms with Crippen LogP contribution < -0.4 is 5.32 Å². The Morgan fingerprint density at radius 1 is 1.50 bits per heavy atom. The smallest absolute Gasteiger partial charge is 0.207 e. The molecule has 0 saturated heterocycles. The van der Waals surface area contributed by atoms with Crippen molar-refractivity contribution in [3.63, 3.8) is 0 Å². The van der Waals surface area contributed by atoms with E-state index in [1.54, 1.807) is 18.3 Å². The summed E-state index contributed by atoms with van der Waals surface area (Å²) in [6, 6.07) is 4.82. The number of nitrogens with one attached hydrogen (secondary N) is 1. The van der Waals surface area contributed by atoms with Crippen LogP contribution in [0.4, 0.5) is 16.0 Å². The van der Waals surface area contributed by atoms with Gasteiger partial charge in [0.25, 0.3) is 0 Å². The van der Waals surface area contributed by atoms with E-state index in [1.165, 1.54) is 6.07 Å². The molecule has 1 heterocycles. The molecule has 0 unspecified atom stereocenters. The number of rotatable bonds is 3. The Hall–Kier alpha value is -1.55. The SMILES string of the molecule is CCn1ccnc1Nc1cccc(Cl)c1F. The van der Waals surface area contributed by atoms with Gasteiger partial charge in [-0.1, -0.05) is 17.7 Å². The van der Waals surface area contributed by atoms with Gasteiger partial charge in [0.05, 0.1) is 10.7 Å². The number of imidazole rings is 1. The third kappa shape index (κ3) is 2.02. The van der Waals surface area contributed by atoms with Gasteiger partial charge in [0.15, 0.2) is 5.82 Å². The molecular weight excluding hydrogens is 229 g/mol. The predicted molar refractivity (Wildman–Crippen MR) is 62.6 cm³/mol. The minimum atomic E-state index is -0.463. The van der Waals surface area contributed by atoms with Crippen molar-refractivity contribution in [2.75, 3.05) is 5.32 Å². The molecule has 0 aliphatic heterocycles. The van der Waals surface area contributed by atoms with Gasteiger partial charge >= 0.3 is 0 Å². The third-order valence-corrected chi connectivity index (χ3v) is 2.55. The molecule has 1 N–H and O–H groups in total. The third-order valence-electron chi connectivity index (χ3n) is 2.25. The number of aromatic nitrogens is 2. The summed E-state index contributed by atoms with van der Waals surface area (Å²) in [7, 11) is 0. The number of hydrogen-bond acceptors (Lipinski definition) is 2. The molecule has 0 spiro atoms. The maximum absolute atomic E-state index is 13.6. The average molecular weight is 240 g/mol. The van der Waals surface area contributed by atoms with Gasteiger partial charge in [-0.2, -0.15) is 0 Å². The number of benzene rings is 1. The summed E-state index contributed by atoms with van der Waals surface area (Å²) in [6.45, 7) is 2.76. The Labute approximate surface area is 97.9 Å². The molecule has 0 aliphatic carbocycles. The van der Waals surface area contributed by atoms with Crippen LogP contribution in [0.3, 0.4) is 0 Å². The lowest BCUT2D eigenvalue weighted by Crippen LogP contribution is -2.02. The molecule has 1 aromatic heterocycles. The van der Waals surface area contributed by atoms with Crippen molar-refractivity contribution in [3.05, 3.63) is 41.4 Å². The van der Waals surface area contributed by atoms with E-state index in [0.29, 0.717) is 11.6 Å². The quantitative estimate of drug-likeness (QED) is 0.889. The second kappa shape index (κ2) is 4.53. The Kier molecular flexibility index (Phi) is 3.10. The van der Waals surface area contributed by atoms with E-state index in [2.05, 4.69) is 10.3 Å². The van der Waals surface area contributed by atoms with Crippen molar-refractivity contribution >= 4 is 23.2 Å². The second-order valence-corrected chi connectivity index (χ2v) is 3.67. The number of hydrogen-bond donors (Lipinski definition) is 1. The van der Waals surface area contributed by atoms with Crippen molar-refractivity contribution in [3.8, 4) is 0 Å². The van der Waals surface area contributed by atoms with E-state index in [0.717, 1.165) is 6.54 Å². The summed E-state index contributed by atoms with van der Waals surface area (Å²) in [6.07, 6.45) is 3.49. The summed E-state index contributed by atoms with van der Waals surface area (Å²) in [5, 5.41) is 3.00. The van der Waals surface area contributed by atoms with E-state index >= 15 is 0 Å². The maximum Gasteiger partial charge on any atom is 0.207 e. The molecule has 84 valence electrons. The second-order valence-electron chi connectivity index (χ2n) is 3.26. The van der Waals surface area contributed by atoms with Gasteiger partial charge in [-0.05, 0) is 19.1 Å². The normalized spacial score (nSPS) is 10.4. The molecule has 5 heteroatoms. The highest BCUT2D eigenvalue weighted by molar-refractivity contribution is 6.31. The number of aryl methyl sites for hydroxylation is 1. The fraction of sp³-hybridized carbons (Fsp3) is 0.182. The van der Waals surface area contributed by atoms with E-state index in [-0.39, 0.29) is 5.02 Å². The summed E-state index contributed by atoms with van der Waals surface area (Å²) in [4.78, 5) is 4.10. The standard InChI is InChI=1S/C11H11ClFN3/c1-2-16-7-6-14-11(16)15-9-5-3-4-8(12)10(9)13/h3-7H,2H2,1H3,(H,14,15). The topological polar surface area (TPSA) is 29.9 Å². The van der Waals surface area contributed by atoms with Crippen LogP contribution in [0.2, 0.25) is 5.02 Å². The van der Waals surface area contributed by atoms with Gasteiger partial charge in [0.2, 0.25) is 5.95 Å². The Morgan fingerprint density at radius 2 is 2.31 bits per heavy atom. The van der Waals surface area contributed by atoms with E-state index in [1.807, 2.05) is 17.7 Å². The molecule has 0 atom stereocenters. The average Bonchev–Trinajstić information content (AvgIpc) is 2.72. The zero-order valence-electron chi connectivity index (χ0n) is 8.74. The first kappa shape index (κ1) is 11.0. The highest BCUT2D eigenvalue weighted by Crippen LogP contribution is 2.24. The zero-order valence-corrected chi connectivity index (χ0v) is 9.50. The number of anilines is 2. The van der Waals surface area contributed by atoms with Crippen LogP contribution in [0.1, 0.15) is 6.92 Å². The molecule has 0 fully saturated rings. The lowest BCUT2D eigenvalue weighted by molar-refractivity contribution is 0.631. The van der Waals surface area contributed by atoms with E-state index < -0.39 is 5.82 Å². The van der Waals surface area contributed by atoms with Crippen LogP contribution in [0.5, 0.6) is 0 Å². The molecule has 0 saturated carbocycles. The van der Waals surface area contributed by atoms with Gasteiger partial charge in [-0.15, -0.1) is 0 Å². The molecule has 0 amide bonds. The van der Waals surface area contributed by atoms with Crippen LogP contribution in [0.25, 0.3) is 0 Å². The minimum absolute atomic E-state index is 0.0969. The van der Waals surface area contributed by atoms with Crippen molar-refractivity contribution < 1.29 is 4.39 Å². The monoisotopic (exact) mass is 239 g/mol. The van der Waals surface area contributed by atoms with E-state index in [9.17, 15) is 4.39 Å². The van der Waals surface area contributed by atoms with Gasteiger partial charge < -0.3 is 9.88 Å². The highest BCUT2D eigenvalue weighted by Gasteiger charge is 2.08. The zero-order chi connectivity index (χ0) is 11.5. The first-order valence-corrected chi connectivity index (χ1v) is 5.32. The summed E-state index contributed by atoms with van der Waals surface area (Å²) < 4.78 is 15.5. The van der Waals surface area contributed by atoms with Gasteiger partial charge in [0.1, 0.15) is 0 Å². The first-order valence-electron chi connectivity index (χ1n) is 4.94. The van der Waals surface area contributed by atoms with Gasteiger partial charge in [0, 0.05) is 18.9 Å². The molecule has 2 aromatic rings. The maximum atomic E-state index is 13.6. The molecule has 16 heavy (non-hydrogen) atoms. The summed E-state index contributed by atoms with van der Waals surface area (Å²) >= 11 is 5.69. The lowest BCUT2D eigenvalue weighted by Gasteiger charge is -2.09. The van der Waals surface area contributed by atoms with Crippen LogP contribution in [-0.2, 0) is 6.54 Å². The van der Waals surface area contributed by atoms with Crippen molar-refractivity contribution in [1.82, 2.24) is 9.55 Å². The summed E-state index contributed by atoms with van der Waals surface area (Å²) in [5.41, 5.74) is 0.327. The predicted octanol–water partition coefficient (Wildman–Crippen LogP) is 3.44. The largest absolute Gasteiger partial charge is 0.323 e. The molecule has 1 aromatic carbocycles. The molecule has 0 aliphatic rings. The molecule has 0 bridgehead atoms. The van der Waals surface area contributed by atoms with Crippen molar-refractivity contribution in [2.45, 2.75) is 13.5 Å². The van der Waals surface area contributed by atoms with Crippen LogP contribution >= 0.6 is 11.6 Å². The minimum Gasteiger partial charge on any atom is -0.323 e. The van der Waals surface area contributed by atoms with Gasteiger partial charge in [-0.25, -0.2) is 9.37 Å². The van der Waals surface area contributed by atoms with Crippen LogP contribution in [0.15, 0.2) is 30.6 Å². The highest BCUT2D eigenvalue weighted by atomic mass is 35.5. The fourth-order valence-corrected chi connectivity index (χ4v) is 1.58. The number of nitrogens with zero attached hydrogens (tertiary/aromatic N) is 2. The van der Waals surface area contributed by atoms with Crippen molar-refractivity contribution in [1.29, 1.82) is 0 Å². The Balaban J connectivity index is 2.30. The Morgan fingerprint density at radius 3 is 3.06 bits per heavy atom. The Bertz CT molecular complexity index is 496. The molecule has 2 rings (SSSR count). The van der Waals surface area contributed by atoms with Gasteiger partial charge in [-0.3, -0.25) is 0 Å². The lowest BCUT2D eigenvalue weighted by atomic mass is 10.3. The van der Waals surface area contributed by atoms with Crippen molar-refractivity contribution in [2.24, 2.45) is 0 Å². The molecule has 3 nitrogen and oxygen atoms in total.